The van der Waals surface area contributed by atoms with Gasteiger partial charge in [-0.15, -0.1) is 0 Å². The van der Waals surface area contributed by atoms with Gasteiger partial charge in [-0.3, -0.25) is 9.36 Å². The highest BCUT2D eigenvalue weighted by Crippen LogP contribution is 2.39. The molecule has 4 rings (SSSR count). The summed E-state index contributed by atoms with van der Waals surface area (Å²) in [5, 5.41) is 19.9. The zero-order chi connectivity index (χ0) is 21.7. The average molecular weight is 457 g/mol. The first-order valence-electron chi connectivity index (χ1n) is 9.91. The van der Waals surface area contributed by atoms with E-state index in [-0.39, 0.29) is 16.6 Å². The van der Waals surface area contributed by atoms with Gasteiger partial charge in [0, 0.05) is 30.7 Å². The van der Waals surface area contributed by atoms with E-state index in [4.69, 9.17) is 16.7 Å². The molecule has 2 fully saturated rings. The normalized spacial score (nSPS) is 26.3. The van der Waals surface area contributed by atoms with Crippen LogP contribution in [0.4, 0.5) is 5.95 Å². The number of aromatic nitrogens is 3. The Labute approximate surface area is 179 Å². The Morgan fingerprint density at radius 2 is 2.03 bits per heavy atom. The highest BCUT2D eigenvalue weighted by atomic mass is 35.5. The number of nitrogens with one attached hydrogen (secondary N) is 1. The lowest BCUT2D eigenvalue weighted by Gasteiger charge is -2.30. The standard InChI is InChI=1S/C18H25ClN6O4S/c1-18(27)6-2-3-14(18)25-15-11(9-13(19)16(25)26)10-21-17(23-15)22-12-4-7-24(8-5-12)30(20,28)29/h9-10,12,14,27H,2-8H2,1H3,(H2,20,28,29)(H,21,22,23)/t14-,18-/m0/s1. The Morgan fingerprint density at radius 1 is 1.33 bits per heavy atom. The lowest BCUT2D eigenvalue weighted by molar-refractivity contribution is 0.0267. The molecule has 3 heterocycles. The number of fused-ring (bicyclic) bond motifs is 1. The van der Waals surface area contributed by atoms with E-state index in [2.05, 4.69) is 15.3 Å². The lowest BCUT2D eigenvalue weighted by Crippen LogP contribution is -2.45. The SMILES string of the molecule is C[C@]1(O)CCC[C@@H]1n1c(=O)c(Cl)cc2cnc(NC3CCN(S(N)(=O)=O)CC3)nc21. The molecule has 2 aromatic heterocycles. The maximum atomic E-state index is 12.9. The zero-order valence-electron chi connectivity index (χ0n) is 16.6. The second kappa shape index (κ2) is 7.72. The van der Waals surface area contributed by atoms with E-state index in [1.165, 1.54) is 14.9 Å². The molecule has 0 spiro atoms. The van der Waals surface area contributed by atoms with Gasteiger partial charge in [0.25, 0.3) is 15.8 Å². The number of aliphatic hydroxyl groups is 1. The molecule has 10 nitrogen and oxygen atoms in total. The number of pyridine rings is 1. The summed E-state index contributed by atoms with van der Waals surface area (Å²) in [6, 6.07) is 1.09. The van der Waals surface area contributed by atoms with E-state index < -0.39 is 21.9 Å². The first-order chi connectivity index (χ1) is 14.1. The van der Waals surface area contributed by atoms with Crippen LogP contribution in [0.25, 0.3) is 11.0 Å². The fourth-order valence-corrected chi connectivity index (χ4v) is 5.35. The first-order valence-corrected chi connectivity index (χ1v) is 11.8. The summed E-state index contributed by atoms with van der Waals surface area (Å²) in [4.78, 5) is 21.7. The van der Waals surface area contributed by atoms with Gasteiger partial charge < -0.3 is 10.4 Å². The van der Waals surface area contributed by atoms with E-state index >= 15 is 0 Å². The molecule has 0 unspecified atom stereocenters. The van der Waals surface area contributed by atoms with Crippen LogP contribution in [0.5, 0.6) is 0 Å². The molecule has 2 aromatic rings. The molecule has 12 heteroatoms. The maximum Gasteiger partial charge on any atom is 0.276 e. The number of nitrogens with zero attached hydrogens (tertiary/aromatic N) is 4. The second-order valence-electron chi connectivity index (χ2n) is 8.27. The molecule has 30 heavy (non-hydrogen) atoms. The van der Waals surface area contributed by atoms with Crippen molar-refractivity contribution in [2.75, 3.05) is 18.4 Å². The summed E-state index contributed by atoms with van der Waals surface area (Å²) < 4.78 is 25.7. The number of anilines is 1. The van der Waals surface area contributed by atoms with Gasteiger partial charge in [-0.05, 0) is 45.1 Å². The van der Waals surface area contributed by atoms with Crippen LogP contribution in [0.3, 0.4) is 0 Å². The second-order valence-corrected chi connectivity index (χ2v) is 10.2. The maximum absolute atomic E-state index is 12.9. The highest BCUT2D eigenvalue weighted by Gasteiger charge is 2.39. The molecule has 1 aliphatic carbocycles. The van der Waals surface area contributed by atoms with Crippen molar-refractivity contribution in [3.8, 4) is 0 Å². The van der Waals surface area contributed by atoms with E-state index in [9.17, 15) is 18.3 Å². The Kier molecular flexibility index (Phi) is 5.52. The Bertz CT molecular complexity index is 1130. The molecule has 0 aromatic carbocycles. The molecular formula is C18H25ClN6O4S. The van der Waals surface area contributed by atoms with Gasteiger partial charge in [-0.2, -0.15) is 17.7 Å². The molecule has 4 N–H and O–H groups in total. The number of nitrogens with two attached hydrogens (primary N) is 1. The predicted octanol–water partition coefficient (Wildman–Crippen LogP) is 1.00. The minimum absolute atomic E-state index is 0.0255. The minimum Gasteiger partial charge on any atom is -0.388 e. The number of rotatable bonds is 4. The molecular weight excluding hydrogens is 432 g/mol. The summed E-state index contributed by atoms with van der Waals surface area (Å²) in [6.45, 7) is 2.36. The van der Waals surface area contributed by atoms with Crippen molar-refractivity contribution in [3.05, 3.63) is 27.6 Å². The third-order valence-corrected chi connectivity index (χ3v) is 7.42. The first kappa shape index (κ1) is 21.4. The predicted molar refractivity (Wildman–Crippen MR) is 114 cm³/mol. The van der Waals surface area contributed by atoms with Crippen LogP contribution in [0.1, 0.15) is 45.1 Å². The quantitative estimate of drug-likeness (QED) is 0.622. The van der Waals surface area contributed by atoms with Crippen molar-refractivity contribution in [1.29, 1.82) is 0 Å². The monoisotopic (exact) mass is 456 g/mol. The van der Waals surface area contributed by atoms with Gasteiger partial charge in [0.05, 0.1) is 11.6 Å². The van der Waals surface area contributed by atoms with Gasteiger partial charge in [-0.25, -0.2) is 10.1 Å². The number of halogens is 1. The summed E-state index contributed by atoms with van der Waals surface area (Å²) in [5.41, 5.74) is -1.00. The summed E-state index contributed by atoms with van der Waals surface area (Å²) >= 11 is 6.16. The van der Waals surface area contributed by atoms with Crippen LogP contribution in [0.2, 0.25) is 5.02 Å². The molecule has 1 saturated heterocycles. The molecule has 2 aliphatic rings. The summed E-state index contributed by atoms with van der Waals surface area (Å²) in [5.74, 6) is 0.338. The molecule has 0 bridgehead atoms. The highest BCUT2D eigenvalue weighted by molar-refractivity contribution is 7.86. The van der Waals surface area contributed by atoms with E-state index in [1.54, 1.807) is 13.1 Å². The topological polar surface area (TPSA) is 143 Å². The van der Waals surface area contributed by atoms with Crippen LogP contribution < -0.4 is 16.0 Å². The Morgan fingerprint density at radius 3 is 2.63 bits per heavy atom. The lowest BCUT2D eigenvalue weighted by atomic mass is 10.00. The van der Waals surface area contributed by atoms with Crippen LogP contribution >= 0.6 is 11.6 Å². The fourth-order valence-electron chi connectivity index (χ4n) is 4.42. The smallest absolute Gasteiger partial charge is 0.276 e. The van der Waals surface area contributed by atoms with Gasteiger partial charge in [0.15, 0.2) is 0 Å². The molecule has 1 saturated carbocycles. The number of hydrogen-bond donors (Lipinski definition) is 3. The average Bonchev–Trinajstić information content (AvgIpc) is 3.02. The fraction of sp³-hybridized carbons (Fsp3) is 0.611. The van der Waals surface area contributed by atoms with Crippen LogP contribution in [0, 0.1) is 0 Å². The van der Waals surface area contributed by atoms with Crippen molar-refractivity contribution < 1.29 is 13.5 Å². The van der Waals surface area contributed by atoms with Crippen LogP contribution in [0.15, 0.2) is 17.1 Å². The Balaban J connectivity index is 1.65. The van der Waals surface area contributed by atoms with E-state index in [0.29, 0.717) is 55.8 Å². The van der Waals surface area contributed by atoms with Crippen molar-refractivity contribution in [2.45, 2.75) is 56.7 Å². The van der Waals surface area contributed by atoms with Gasteiger partial charge in [0.2, 0.25) is 5.95 Å². The van der Waals surface area contributed by atoms with Crippen molar-refractivity contribution in [2.24, 2.45) is 5.14 Å². The summed E-state index contributed by atoms with van der Waals surface area (Å²) in [7, 11) is -3.69. The van der Waals surface area contributed by atoms with Crippen molar-refractivity contribution in [3.63, 3.8) is 0 Å². The number of hydrogen-bond acceptors (Lipinski definition) is 7. The number of piperidine rings is 1. The zero-order valence-corrected chi connectivity index (χ0v) is 18.2. The summed E-state index contributed by atoms with van der Waals surface area (Å²) in [6.07, 6.45) is 4.76. The van der Waals surface area contributed by atoms with Crippen LogP contribution in [-0.2, 0) is 10.2 Å². The van der Waals surface area contributed by atoms with Gasteiger partial charge in [-0.1, -0.05) is 11.6 Å². The molecule has 164 valence electrons. The van der Waals surface area contributed by atoms with Gasteiger partial charge >= 0.3 is 0 Å². The molecule has 0 amide bonds. The van der Waals surface area contributed by atoms with Crippen molar-refractivity contribution >= 4 is 38.8 Å². The van der Waals surface area contributed by atoms with Crippen molar-refractivity contribution in [1.82, 2.24) is 18.8 Å². The molecule has 0 radical (unpaired) electrons. The largest absolute Gasteiger partial charge is 0.388 e. The van der Waals surface area contributed by atoms with Gasteiger partial charge in [0.1, 0.15) is 10.7 Å². The molecule has 1 aliphatic heterocycles. The van der Waals surface area contributed by atoms with Crippen LogP contribution in [-0.4, -0.2) is 57.1 Å². The molecule has 2 atom stereocenters. The third kappa shape index (κ3) is 4.04. The Hall–Kier alpha value is -1.79. The van der Waals surface area contributed by atoms with E-state index in [0.717, 1.165) is 6.42 Å². The third-order valence-electron chi connectivity index (χ3n) is 6.07. The van der Waals surface area contributed by atoms with E-state index in [1.807, 2.05) is 0 Å². The minimum atomic E-state index is -3.69.